The molecule has 0 unspecified atom stereocenters. The quantitative estimate of drug-likeness (QED) is 0.587. The van der Waals surface area contributed by atoms with Gasteiger partial charge in [0, 0.05) is 49.0 Å². The first-order valence-electron chi connectivity index (χ1n) is 9.27. The van der Waals surface area contributed by atoms with Crippen molar-refractivity contribution >= 4 is 28.5 Å². The second-order valence-corrected chi connectivity index (χ2v) is 6.62. The van der Waals surface area contributed by atoms with E-state index in [1.807, 2.05) is 48.5 Å². The number of morpholine rings is 1. The maximum Gasteiger partial charge on any atom is 0.198 e. The van der Waals surface area contributed by atoms with Gasteiger partial charge in [0.15, 0.2) is 5.88 Å². The van der Waals surface area contributed by atoms with Gasteiger partial charge in [0.05, 0.1) is 24.5 Å². The second kappa shape index (κ2) is 8.24. The molecule has 3 aromatic rings. The number of aromatic amines is 1. The Labute approximate surface area is 158 Å². The molecule has 6 heteroatoms. The molecule has 1 aromatic heterocycles. The maximum absolute atomic E-state index is 10.1. The largest absolute Gasteiger partial charge is 0.494 e. The standard InChI is InChI=1S/C21H24N4O2/c26-21-19(18-3-1-2-4-20(18)24-21)15-23-17-7-5-16(6-8-17)22-9-10-25-11-13-27-14-12-25/h1-8,15,22,24,26H,9-14H2. The summed E-state index contributed by atoms with van der Waals surface area (Å²) < 4.78 is 5.37. The van der Waals surface area contributed by atoms with E-state index < -0.39 is 0 Å². The average Bonchev–Trinajstić information content (AvgIpc) is 3.03. The van der Waals surface area contributed by atoms with Crippen molar-refractivity contribution in [1.82, 2.24) is 9.88 Å². The van der Waals surface area contributed by atoms with Gasteiger partial charge in [0.1, 0.15) is 0 Å². The Morgan fingerprint density at radius 3 is 2.70 bits per heavy atom. The van der Waals surface area contributed by atoms with Gasteiger partial charge in [-0.1, -0.05) is 18.2 Å². The molecule has 0 spiro atoms. The first kappa shape index (κ1) is 17.6. The average molecular weight is 364 g/mol. The van der Waals surface area contributed by atoms with Crippen LogP contribution in [0.5, 0.6) is 5.88 Å². The van der Waals surface area contributed by atoms with Crippen LogP contribution >= 0.6 is 0 Å². The predicted octanol–water partition coefficient (Wildman–Crippen LogP) is 3.37. The third kappa shape index (κ3) is 4.30. The van der Waals surface area contributed by atoms with Crippen LogP contribution in [0.4, 0.5) is 11.4 Å². The Morgan fingerprint density at radius 2 is 1.89 bits per heavy atom. The Morgan fingerprint density at radius 1 is 1.11 bits per heavy atom. The predicted molar refractivity (Wildman–Crippen MR) is 109 cm³/mol. The van der Waals surface area contributed by atoms with E-state index in [9.17, 15) is 5.11 Å². The monoisotopic (exact) mass is 364 g/mol. The number of para-hydroxylation sites is 1. The molecule has 1 fully saturated rings. The van der Waals surface area contributed by atoms with Gasteiger partial charge in [-0.15, -0.1) is 0 Å². The first-order valence-corrected chi connectivity index (χ1v) is 9.27. The molecule has 0 atom stereocenters. The molecule has 0 aliphatic carbocycles. The minimum absolute atomic E-state index is 0.140. The van der Waals surface area contributed by atoms with Crippen molar-refractivity contribution in [2.24, 2.45) is 4.99 Å². The van der Waals surface area contributed by atoms with E-state index in [0.29, 0.717) is 5.56 Å². The molecule has 0 radical (unpaired) electrons. The van der Waals surface area contributed by atoms with Crippen molar-refractivity contribution in [2.75, 3.05) is 44.7 Å². The van der Waals surface area contributed by atoms with Crippen molar-refractivity contribution in [3.05, 3.63) is 54.1 Å². The molecule has 0 amide bonds. The number of benzene rings is 2. The van der Waals surface area contributed by atoms with Crippen LogP contribution in [-0.4, -0.2) is 60.6 Å². The number of aliphatic imine (C=N–C) groups is 1. The fraction of sp³-hybridized carbons (Fsp3) is 0.286. The minimum atomic E-state index is 0.140. The molecule has 140 valence electrons. The smallest absolute Gasteiger partial charge is 0.198 e. The zero-order chi connectivity index (χ0) is 18.5. The highest BCUT2D eigenvalue weighted by Crippen LogP contribution is 2.26. The third-order valence-corrected chi connectivity index (χ3v) is 4.80. The summed E-state index contributed by atoms with van der Waals surface area (Å²) in [5, 5.41) is 14.5. The molecule has 1 aliphatic rings. The van der Waals surface area contributed by atoms with Gasteiger partial charge >= 0.3 is 0 Å². The lowest BCUT2D eigenvalue weighted by molar-refractivity contribution is 0.0398. The Kier molecular flexibility index (Phi) is 5.37. The van der Waals surface area contributed by atoms with Gasteiger partial charge in [0.25, 0.3) is 0 Å². The molecule has 4 rings (SSSR count). The summed E-state index contributed by atoms with van der Waals surface area (Å²) in [6.07, 6.45) is 1.70. The van der Waals surface area contributed by atoms with E-state index >= 15 is 0 Å². The fourth-order valence-electron chi connectivity index (χ4n) is 3.27. The highest BCUT2D eigenvalue weighted by atomic mass is 16.5. The highest BCUT2D eigenvalue weighted by Gasteiger charge is 2.09. The van der Waals surface area contributed by atoms with Crippen molar-refractivity contribution in [2.45, 2.75) is 0 Å². The number of hydrogen-bond acceptors (Lipinski definition) is 5. The molecule has 2 heterocycles. The van der Waals surface area contributed by atoms with E-state index in [2.05, 4.69) is 20.2 Å². The summed E-state index contributed by atoms with van der Waals surface area (Å²) in [5.74, 6) is 0.140. The van der Waals surface area contributed by atoms with Crippen LogP contribution in [0.2, 0.25) is 0 Å². The molecular weight excluding hydrogens is 340 g/mol. The van der Waals surface area contributed by atoms with Crippen molar-refractivity contribution in [1.29, 1.82) is 0 Å². The van der Waals surface area contributed by atoms with E-state index in [-0.39, 0.29) is 5.88 Å². The van der Waals surface area contributed by atoms with Crippen molar-refractivity contribution in [3.63, 3.8) is 0 Å². The lowest BCUT2D eigenvalue weighted by Gasteiger charge is -2.26. The molecular formula is C21H24N4O2. The van der Waals surface area contributed by atoms with Gasteiger partial charge in [-0.25, -0.2) is 0 Å². The number of aromatic hydroxyl groups is 1. The number of hydrogen-bond donors (Lipinski definition) is 3. The number of fused-ring (bicyclic) bond motifs is 1. The van der Waals surface area contributed by atoms with E-state index in [0.717, 1.165) is 61.7 Å². The Hall–Kier alpha value is -2.83. The molecule has 27 heavy (non-hydrogen) atoms. The zero-order valence-corrected chi connectivity index (χ0v) is 15.2. The van der Waals surface area contributed by atoms with E-state index in [1.165, 1.54) is 0 Å². The summed E-state index contributed by atoms with van der Waals surface area (Å²) in [6.45, 7) is 5.61. The number of H-pyrrole nitrogens is 1. The van der Waals surface area contributed by atoms with Crippen molar-refractivity contribution < 1.29 is 9.84 Å². The minimum Gasteiger partial charge on any atom is -0.494 e. The van der Waals surface area contributed by atoms with Crippen LogP contribution in [0.1, 0.15) is 5.56 Å². The summed E-state index contributed by atoms with van der Waals surface area (Å²) in [6, 6.07) is 15.8. The maximum atomic E-state index is 10.1. The molecule has 6 nitrogen and oxygen atoms in total. The molecule has 0 saturated carbocycles. The van der Waals surface area contributed by atoms with E-state index in [4.69, 9.17) is 4.74 Å². The number of ether oxygens (including phenoxy) is 1. The molecule has 0 bridgehead atoms. The summed E-state index contributed by atoms with van der Waals surface area (Å²) in [4.78, 5) is 9.87. The fourth-order valence-corrected chi connectivity index (χ4v) is 3.27. The molecule has 3 N–H and O–H groups in total. The molecule has 2 aromatic carbocycles. The summed E-state index contributed by atoms with van der Waals surface area (Å²) in [5.41, 5.74) is 3.53. The number of aromatic nitrogens is 1. The topological polar surface area (TPSA) is 72.9 Å². The highest BCUT2D eigenvalue weighted by molar-refractivity contribution is 6.02. The first-order chi connectivity index (χ1) is 13.3. The van der Waals surface area contributed by atoms with Crippen LogP contribution in [0.25, 0.3) is 10.9 Å². The van der Waals surface area contributed by atoms with Gasteiger partial charge < -0.3 is 20.1 Å². The Balaban J connectivity index is 1.36. The summed E-state index contributed by atoms with van der Waals surface area (Å²) >= 11 is 0. The SMILES string of the molecule is Oc1[nH]c2ccccc2c1C=Nc1ccc(NCCN2CCOCC2)cc1. The van der Waals surface area contributed by atoms with Crippen LogP contribution in [0, 0.1) is 0 Å². The number of nitrogens with one attached hydrogen (secondary N) is 2. The lowest BCUT2D eigenvalue weighted by Crippen LogP contribution is -2.38. The van der Waals surface area contributed by atoms with Crippen LogP contribution in [0.15, 0.2) is 53.5 Å². The van der Waals surface area contributed by atoms with E-state index in [1.54, 1.807) is 6.21 Å². The zero-order valence-electron chi connectivity index (χ0n) is 15.2. The molecule has 1 saturated heterocycles. The Bertz CT molecular complexity index is 912. The normalized spacial score (nSPS) is 15.6. The third-order valence-electron chi connectivity index (χ3n) is 4.80. The lowest BCUT2D eigenvalue weighted by atomic mass is 10.2. The van der Waals surface area contributed by atoms with Gasteiger partial charge in [0.2, 0.25) is 0 Å². The van der Waals surface area contributed by atoms with Crippen LogP contribution in [0.3, 0.4) is 0 Å². The van der Waals surface area contributed by atoms with Gasteiger partial charge in [-0.3, -0.25) is 9.89 Å². The van der Waals surface area contributed by atoms with Crippen LogP contribution < -0.4 is 5.32 Å². The van der Waals surface area contributed by atoms with Crippen LogP contribution in [-0.2, 0) is 4.74 Å². The van der Waals surface area contributed by atoms with Gasteiger partial charge in [-0.2, -0.15) is 0 Å². The number of rotatable bonds is 6. The second-order valence-electron chi connectivity index (χ2n) is 6.62. The molecule has 1 aliphatic heterocycles. The van der Waals surface area contributed by atoms with Gasteiger partial charge in [-0.05, 0) is 30.3 Å². The number of anilines is 1. The number of nitrogens with zero attached hydrogens (tertiary/aromatic N) is 2. The summed E-state index contributed by atoms with van der Waals surface area (Å²) in [7, 11) is 0. The van der Waals surface area contributed by atoms with Crippen molar-refractivity contribution in [3.8, 4) is 5.88 Å².